The van der Waals surface area contributed by atoms with Crippen LogP contribution in [0, 0.1) is 13.8 Å². The Morgan fingerprint density at radius 1 is 1.16 bits per heavy atom. The number of benzene rings is 1. The summed E-state index contributed by atoms with van der Waals surface area (Å²) < 4.78 is 10.9. The molecule has 0 aliphatic heterocycles. The fourth-order valence-electron chi connectivity index (χ4n) is 3.58. The summed E-state index contributed by atoms with van der Waals surface area (Å²) >= 11 is 6.41. The molecule has 4 aromatic rings. The number of methoxy groups -OCH3 is 1. The molecule has 0 aliphatic rings. The Morgan fingerprint density at radius 2 is 2.00 bits per heavy atom. The van der Waals surface area contributed by atoms with Crippen molar-refractivity contribution < 1.29 is 14.3 Å². The Labute approximate surface area is 190 Å². The Bertz CT molecular complexity index is 1290. The van der Waals surface area contributed by atoms with E-state index in [9.17, 15) is 4.79 Å². The highest BCUT2D eigenvalue weighted by atomic mass is 35.5. The van der Waals surface area contributed by atoms with Gasteiger partial charge < -0.3 is 14.5 Å². The minimum Gasteiger partial charge on any atom is -0.487 e. The SMILES string of the molecule is COC(=O)CCc1cncc(Cl)c1COc1cccc2c(-c3nc(C)c[nH]3)cc(C)nc12. The van der Waals surface area contributed by atoms with Crippen molar-refractivity contribution in [3.05, 3.63) is 70.4 Å². The van der Waals surface area contributed by atoms with Gasteiger partial charge in [-0.15, -0.1) is 0 Å². The van der Waals surface area contributed by atoms with Gasteiger partial charge in [-0.3, -0.25) is 9.78 Å². The van der Waals surface area contributed by atoms with Crippen LogP contribution in [-0.2, 0) is 22.6 Å². The van der Waals surface area contributed by atoms with Crippen LogP contribution in [0.2, 0.25) is 5.02 Å². The van der Waals surface area contributed by atoms with Crippen molar-refractivity contribution in [2.45, 2.75) is 33.3 Å². The average Bonchev–Trinajstić information content (AvgIpc) is 3.22. The molecular formula is C24H23ClN4O3. The smallest absolute Gasteiger partial charge is 0.305 e. The molecule has 164 valence electrons. The molecule has 1 aromatic carbocycles. The monoisotopic (exact) mass is 450 g/mol. The predicted molar refractivity (Wildman–Crippen MR) is 123 cm³/mol. The number of para-hydroxylation sites is 1. The van der Waals surface area contributed by atoms with E-state index in [2.05, 4.69) is 15.0 Å². The second-order valence-electron chi connectivity index (χ2n) is 7.48. The van der Waals surface area contributed by atoms with Crippen LogP contribution in [0.4, 0.5) is 0 Å². The molecule has 3 aromatic heterocycles. The minimum absolute atomic E-state index is 0.224. The molecule has 0 saturated carbocycles. The number of H-pyrrole nitrogens is 1. The van der Waals surface area contributed by atoms with Gasteiger partial charge in [0.05, 0.1) is 17.8 Å². The van der Waals surface area contributed by atoms with E-state index in [-0.39, 0.29) is 19.0 Å². The lowest BCUT2D eigenvalue weighted by atomic mass is 10.1. The van der Waals surface area contributed by atoms with E-state index in [4.69, 9.17) is 26.1 Å². The summed E-state index contributed by atoms with van der Waals surface area (Å²) in [7, 11) is 1.37. The molecule has 8 heteroatoms. The van der Waals surface area contributed by atoms with Crippen LogP contribution >= 0.6 is 11.6 Å². The number of ether oxygens (including phenoxy) is 2. The van der Waals surface area contributed by atoms with Crippen molar-refractivity contribution in [2.75, 3.05) is 7.11 Å². The normalized spacial score (nSPS) is 11.0. The minimum atomic E-state index is -0.286. The Balaban J connectivity index is 1.67. The summed E-state index contributed by atoms with van der Waals surface area (Å²) in [6.45, 7) is 4.11. The first-order chi connectivity index (χ1) is 15.5. The zero-order chi connectivity index (χ0) is 22.7. The summed E-state index contributed by atoms with van der Waals surface area (Å²) in [4.78, 5) is 28.2. The number of pyridine rings is 2. The number of carbonyl (C=O) groups is 1. The number of halogens is 1. The number of nitrogens with zero attached hydrogens (tertiary/aromatic N) is 3. The lowest BCUT2D eigenvalue weighted by Gasteiger charge is -2.14. The number of hydrogen-bond donors (Lipinski definition) is 1. The molecule has 0 radical (unpaired) electrons. The molecule has 0 amide bonds. The van der Waals surface area contributed by atoms with Gasteiger partial charge in [-0.05, 0) is 38.0 Å². The second-order valence-corrected chi connectivity index (χ2v) is 7.88. The average molecular weight is 451 g/mol. The highest BCUT2D eigenvalue weighted by Gasteiger charge is 2.15. The Morgan fingerprint density at radius 3 is 2.75 bits per heavy atom. The van der Waals surface area contributed by atoms with Gasteiger partial charge in [0.2, 0.25) is 0 Å². The van der Waals surface area contributed by atoms with Crippen LogP contribution < -0.4 is 4.74 Å². The third-order valence-corrected chi connectivity index (χ3v) is 5.51. The van der Waals surface area contributed by atoms with Crippen molar-refractivity contribution in [1.29, 1.82) is 0 Å². The predicted octanol–water partition coefficient (Wildman–Crippen LogP) is 4.97. The third-order valence-electron chi connectivity index (χ3n) is 5.18. The number of hydrogen-bond acceptors (Lipinski definition) is 6. The molecule has 1 N–H and O–H groups in total. The number of rotatable bonds is 7. The molecule has 0 saturated heterocycles. The number of carbonyl (C=O) groups excluding carboxylic acids is 1. The van der Waals surface area contributed by atoms with Crippen molar-refractivity contribution in [2.24, 2.45) is 0 Å². The van der Waals surface area contributed by atoms with Gasteiger partial charge in [-0.25, -0.2) is 9.97 Å². The van der Waals surface area contributed by atoms with Gasteiger partial charge in [0.1, 0.15) is 23.7 Å². The molecule has 0 atom stereocenters. The molecule has 0 unspecified atom stereocenters. The third kappa shape index (κ3) is 4.57. The highest BCUT2D eigenvalue weighted by Crippen LogP contribution is 2.33. The van der Waals surface area contributed by atoms with Gasteiger partial charge in [0, 0.05) is 47.2 Å². The molecule has 3 heterocycles. The van der Waals surface area contributed by atoms with Crippen LogP contribution in [0.1, 0.15) is 28.9 Å². The van der Waals surface area contributed by atoms with E-state index >= 15 is 0 Å². The van der Waals surface area contributed by atoms with Crippen LogP contribution in [-0.4, -0.2) is 33.0 Å². The zero-order valence-electron chi connectivity index (χ0n) is 18.1. The summed E-state index contributed by atoms with van der Waals surface area (Å²) in [6.07, 6.45) is 5.86. The fourth-order valence-corrected chi connectivity index (χ4v) is 3.81. The van der Waals surface area contributed by atoms with Crippen LogP contribution in [0.25, 0.3) is 22.3 Å². The van der Waals surface area contributed by atoms with E-state index < -0.39 is 0 Å². The molecular weight excluding hydrogens is 428 g/mol. The standard InChI is InChI=1S/C24H23ClN4O3/c1-14-9-18(24-27-10-15(2)29-24)17-5-4-6-21(23(17)28-14)32-13-19-16(7-8-22(30)31-3)11-26-12-20(19)25/h4-6,9-12H,7-8,13H2,1-3H3,(H,27,29). The molecule has 0 fully saturated rings. The second kappa shape index (κ2) is 9.36. The van der Waals surface area contributed by atoms with Crippen LogP contribution in [0.3, 0.4) is 0 Å². The lowest BCUT2D eigenvalue weighted by Crippen LogP contribution is -2.07. The molecule has 4 rings (SSSR count). The van der Waals surface area contributed by atoms with E-state index in [0.717, 1.165) is 44.8 Å². The van der Waals surface area contributed by atoms with E-state index in [1.54, 1.807) is 12.4 Å². The Kier molecular flexibility index (Phi) is 6.37. The van der Waals surface area contributed by atoms with Crippen molar-refractivity contribution in [3.8, 4) is 17.1 Å². The topological polar surface area (TPSA) is 90.0 Å². The van der Waals surface area contributed by atoms with E-state index in [1.807, 2.05) is 44.3 Å². The van der Waals surface area contributed by atoms with Gasteiger partial charge in [0.15, 0.2) is 0 Å². The first-order valence-electron chi connectivity index (χ1n) is 10.2. The summed E-state index contributed by atoms with van der Waals surface area (Å²) in [6, 6.07) is 7.83. The van der Waals surface area contributed by atoms with Crippen LogP contribution in [0.5, 0.6) is 5.75 Å². The number of fused-ring (bicyclic) bond motifs is 1. The molecule has 0 bridgehead atoms. The van der Waals surface area contributed by atoms with Crippen molar-refractivity contribution >= 4 is 28.5 Å². The zero-order valence-corrected chi connectivity index (χ0v) is 18.9. The summed E-state index contributed by atoms with van der Waals surface area (Å²) in [5.74, 6) is 1.14. The number of imidazole rings is 1. The fraction of sp³-hybridized carbons (Fsp3) is 0.250. The molecule has 32 heavy (non-hydrogen) atoms. The summed E-state index contributed by atoms with van der Waals surface area (Å²) in [5, 5.41) is 1.43. The van der Waals surface area contributed by atoms with Crippen molar-refractivity contribution in [1.82, 2.24) is 19.9 Å². The number of aromatic amines is 1. The van der Waals surface area contributed by atoms with E-state index in [1.165, 1.54) is 7.11 Å². The maximum Gasteiger partial charge on any atom is 0.305 e. The first kappa shape index (κ1) is 21.8. The quantitative estimate of drug-likeness (QED) is 0.399. The molecule has 7 nitrogen and oxygen atoms in total. The first-order valence-corrected chi connectivity index (χ1v) is 10.6. The number of aromatic nitrogens is 4. The number of esters is 1. The van der Waals surface area contributed by atoms with Crippen molar-refractivity contribution in [3.63, 3.8) is 0 Å². The Hall–Kier alpha value is -3.45. The number of aryl methyl sites for hydroxylation is 3. The highest BCUT2D eigenvalue weighted by molar-refractivity contribution is 6.31. The van der Waals surface area contributed by atoms with Gasteiger partial charge in [0.25, 0.3) is 0 Å². The lowest BCUT2D eigenvalue weighted by molar-refractivity contribution is -0.140. The summed E-state index contributed by atoms with van der Waals surface area (Å²) in [5.41, 5.74) is 5.13. The maximum absolute atomic E-state index is 11.6. The van der Waals surface area contributed by atoms with Gasteiger partial charge in [-0.1, -0.05) is 23.7 Å². The van der Waals surface area contributed by atoms with Crippen LogP contribution in [0.15, 0.2) is 42.9 Å². The van der Waals surface area contributed by atoms with Gasteiger partial charge >= 0.3 is 5.97 Å². The molecule has 0 aliphatic carbocycles. The van der Waals surface area contributed by atoms with Gasteiger partial charge in [-0.2, -0.15) is 0 Å². The maximum atomic E-state index is 11.6. The molecule has 0 spiro atoms. The largest absolute Gasteiger partial charge is 0.487 e. The van der Waals surface area contributed by atoms with E-state index in [0.29, 0.717) is 17.2 Å². The number of nitrogens with one attached hydrogen (secondary N) is 1.